The zero-order valence-electron chi connectivity index (χ0n) is 9.09. The Bertz CT molecular complexity index is 545. The number of hydrogen-bond donors (Lipinski definition) is 2. The number of carbonyl (C=O) groups is 1. The van der Waals surface area contributed by atoms with Gasteiger partial charge < -0.3 is 10.3 Å². The Labute approximate surface area is 97.3 Å². The van der Waals surface area contributed by atoms with Gasteiger partial charge in [-0.25, -0.2) is 0 Å². The van der Waals surface area contributed by atoms with Crippen LogP contribution in [0.1, 0.15) is 10.4 Å². The number of amides is 1. The molecule has 1 amide bonds. The number of pyridine rings is 1. The molecule has 6 nitrogen and oxygen atoms in total. The number of carbonyl (C=O) groups excluding carboxylic acids is 1. The van der Waals surface area contributed by atoms with E-state index in [0.29, 0.717) is 13.1 Å². The van der Waals surface area contributed by atoms with Gasteiger partial charge in [-0.05, 0) is 6.07 Å². The van der Waals surface area contributed by atoms with Crippen LogP contribution in [-0.2, 0) is 6.54 Å². The van der Waals surface area contributed by atoms with Crippen LogP contribution in [-0.4, -0.2) is 27.2 Å². The van der Waals surface area contributed by atoms with Gasteiger partial charge in [-0.2, -0.15) is 5.10 Å². The molecule has 2 N–H and O–H groups in total. The van der Waals surface area contributed by atoms with Gasteiger partial charge >= 0.3 is 0 Å². The average molecular weight is 232 g/mol. The minimum absolute atomic E-state index is 0.118. The van der Waals surface area contributed by atoms with Gasteiger partial charge in [0.25, 0.3) is 5.91 Å². The third-order valence-corrected chi connectivity index (χ3v) is 2.25. The summed E-state index contributed by atoms with van der Waals surface area (Å²) in [6, 6.07) is 3.13. The quantitative estimate of drug-likeness (QED) is 0.778. The van der Waals surface area contributed by atoms with Gasteiger partial charge in [0.05, 0.1) is 6.54 Å². The highest BCUT2D eigenvalue weighted by atomic mass is 16.2. The Hall–Kier alpha value is -2.37. The summed E-state index contributed by atoms with van der Waals surface area (Å²) in [4.78, 5) is 25.7. The van der Waals surface area contributed by atoms with E-state index in [-0.39, 0.29) is 16.9 Å². The number of rotatable bonds is 4. The van der Waals surface area contributed by atoms with E-state index in [9.17, 15) is 9.59 Å². The van der Waals surface area contributed by atoms with Crippen LogP contribution in [0.3, 0.4) is 0 Å². The number of nitrogens with zero attached hydrogens (tertiary/aromatic N) is 2. The predicted molar refractivity (Wildman–Crippen MR) is 61.6 cm³/mol. The van der Waals surface area contributed by atoms with Gasteiger partial charge in [0.15, 0.2) is 5.43 Å². The summed E-state index contributed by atoms with van der Waals surface area (Å²) in [5.74, 6) is -0.376. The Morgan fingerprint density at radius 3 is 3.12 bits per heavy atom. The van der Waals surface area contributed by atoms with E-state index in [4.69, 9.17) is 0 Å². The van der Waals surface area contributed by atoms with Crippen molar-refractivity contribution < 1.29 is 4.79 Å². The molecule has 2 rings (SSSR count). The van der Waals surface area contributed by atoms with Crippen LogP contribution in [0.4, 0.5) is 0 Å². The van der Waals surface area contributed by atoms with E-state index in [0.717, 1.165) is 0 Å². The molecule has 0 radical (unpaired) electrons. The minimum Gasteiger partial charge on any atom is -0.367 e. The third-order valence-electron chi connectivity index (χ3n) is 2.25. The van der Waals surface area contributed by atoms with E-state index in [2.05, 4.69) is 15.4 Å². The molecule has 0 unspecified atom stereocenters. The van der Waals surface area contributed by atoms with Gasteiger partial charge in [-0.15, -0.1) is 0 Å². The standard InChI is InChI=1S/C11H12N4O2/c16-10-2-4-12-8-9(10)11(17)13-5-7-15-6-1-3-14-15/h1-4,6,8H,5,7H2,(H,12,16)(H,13,17). The summed E-state index contributed by atoms with van der Waals surface area (Å²) in [6.45, 7) is 0.998. The van der Waals surface area contributed by atoms with Crippen LogP contribution < -0.4 is 10.7 Å². The molecule has 2 heterocycles. The average Bonchev–Trinajstić information content (AvgIpc) is 2.82. The predicted octanol–water partition coefficient (Wildman–Crippen LogP) is 0.00140. The maximum atomic E-state index is 11.6. The Balaban J connectivity index is 1.90. The van der Waals surface area contributed by atoms with E-state index in [1.165, 1.54) is 18.5 Å². The molecule has 17 heavy (non-hydrogen) atoms. The van der Waals surface area contributed by atoms with E-state index >= 15 is 0 Å². The SMILES string of the molecule is O=C(NCCn1cccn1)c1c[nH]ccc1=O. The first kappa shape index (κ1) is 11.1. The van der Waals surface area contributed by atoms with Crippen LogP contribution >= 0.6 is 0 Å². The van der Waals surface area contributed by atoms with E-state index < -0.39 is 0 Å². The van der Waals surface area contributed by atoms with Crippen molar-refractivity contribution in [1.82, 2.24) is 20.1 Å². The molecule has 0 saturated heterocycles. The summed E-state index contributed by atoms with van der Waals surface area (Å²) in [5.41, 5.74) is -0.173. The minimum atomic E-state index is -0.376. The molecule has 0 spiro atoms. The lowest BCUT2D eigenvalue weighted by Gasteiger charge is -2.04. The van der Waals surface area contributed by atoms with Crippen LogP contribution in [0.5, 0.6) is 0 Å². The molecule has 0 atom stereocenters. The highest BCUT2D eigenvalue weighted by Crippen LogP contribution is 1.88. The van der Waals surface area contributed by atoms with Gasteiger partial charge in [-0.3, -0.25) is 14.3 Å². The van der Waals surface area contributed by atoms with Crippen LogP contribution in [0.15, 0.2) is 41.7 Å². The first-order chi connectivity index (χ1) is 8.27. The number of H-pyrrole nitrogens is 1. The topological polar surface area (TPSA) is 79.8 Å². The van der Waals surface area contributed by atoms with Crippen molar-refractivity contribution in [3.63, 3.8) is 0 Å². The van der Waals surface area contributed by atoms with Gasteiger partial charge in [0.1, 0.15) is 5.56 Å². The summed E-state index contributed by atoms with van der Waals surface area (Å²) >= 11 is 0. The summed E-state index contributed by atoms with van der Waals surface area (Å²) in [6.07, 6.45) is 6.36. The lowest BCUT2D eigenvalue weighted by atomic mass is 10.2. The fourth-order valence-electron chi connectivity index (χ4n) is 1.41. The Morgan fingerprint density at radius 2 is 2.41 bits per heavy atom. The zero-order chi connectivity index (χ0) is 12.1. The lowest BCUT2D eigenvalue weighted by Crippen LogP contribution is -2.31. The molecule has 0 fully saturated rings. The smallest absolute Gasteiger partial charge is 0.256 e. The van der Waals surface area contributed by atoms with Crippen molar-refractivity contribution in [3.05, 3.63) is 52.7 Å². The lowest BCUT2D eigenvalue weighted by molar-refractivity contribution is 0.0950. The maximum absolute atomic E-state index is 11.6. The van der Waals surface area contributed by atoms with Crippen LogP contribution in [0.2, 0.25) is 0 Å². The van der Waals surface area contributed by atoms with Gasteiger partial charge in [0, 0.05) is 37.4 Å². The molecule has 2 aromatic heterocycles. The monoisotopic (exact) mass is 232 g/mol. The Morgan fingerprint density at radius 1 is 1.53 bits per heavy atom. The van der Waals surface area contributed by atoms with Crippen LogP contribution in [0, 0.1) is 0 Å². The molecule has 0 saturated carbocycles. The maximum Gasteiger partial charge on any atom is 0.256 e. The zero-order valence-corrected chi connectivity index (χ0v) is 9.09. The summed E-state index contributed by atoms with van der Waals surface area (Å²) in [5, 5.41) is 6.66. The highest BCUT2D eigenvalue weighted by Gasteiger charge is 2.08. The molecule has 88 valence electrons. The van der Waals surface area contributed by atoms with Gasteiger partial charge in [0.2, 0.25) is 0 Å². The molecule has 0 aliphatic carbocycles. The van der Waals surface area contributed by atoms with Crippen molar-refractivity contribution >= 4 is 5.91 Å². The second-order valence-electron chi connectivity index (χ2n) is 3.45. The molecular weight excluding hydrogens is 220 g/mol. The van der Waals surface area contributed by atoms with Crippen LogP contribution in [0.25, 0.3) is 0 Å². The largest absolute Gasteiger partial charge is 0.367 e. The van der Waals surface area contributed by atoms with Crippen molar-refractivity contribution in [1.29, 1.82) is 0 Å². The molecule has 0 bridgehead atoms. The van der Waals surface area contributed by atoms with Gasteiger partial charge in [-0.1, -0.05) is 0 Å². The van der Waals surface area contributed by atoms with Crippen molar-refractivity contribution in [2.24, 2.45) is 0 Å². The van der Waals surface area contributed by atoms with E-state index in [1.54, 1.807) is 10.9 Å². The number of nitrogens with one attached hydrogen (secondary N) is 2. The molecular formula is C11H12N4O2. The molecule has 0 aliphatic heterocycles. The Kier molecular flexibility index (Phi) is 3.34. The second-order valence-corrected chi connectivity index (χ2v) is 3.45. The first-order valence-electron chi connectivity index (χ1n) is 5.20. The second kappa shape index (κ2) is 5.11. The number of aromatic nitrogens is 3. The molecule has 2 aromatic rings. The van der Waals surface area contributed by atoms with E-state index in [1.807, 2.05) is 12.3 Å². The molecule has 6 heteroatoms. The first-order valence-corrected chi connectivity index (χ1v) is 5.20. The number of hydrogen-bond acceptors (Lipinski definition) is 3. The number of aromatic amines is 1. The highest BCUT2D eigenvalue weighted by molar-refractivity contribution is 5.93. The fourth-order valence-corrected chi connectivity index (χ4v) is 1.41. The molecule has 0 aromatic carbocycles. The fraction of sp³-hybridized carbons (Fsp3) is 0.182. The normalized spacial score (nSPS) is 10.1. The summed E-state index contributed by atoms with van der Waals surface area (Å²) in [7, 11) is 0. The van der Waals surface area contributed by atoms with Crippen molar-refractivity contribution in [2.45, 2.75) is 6.54 Å². The van der Waals surface area contributed by atoms with Crippen molar-refractivity contribution in [3.8, 4) is 0 Å². The summed E-state index contributed by atoms with van der Waals surface area (Å²) < 4.78 is 1.70. The molecule has 0 aliphatic rings. The third kappa shape index (κ3) is 2.81. The van der Waals surface area contributed by atoms with Crippen molar-refractivity contribution in [2.75, 3.05) is 6.54 Å².